The largest absolute Gasteiger partial charge is 0.484 e. The van der Waals surface area contributed by atoms with Crippen molar-refractivity contribution in [2.24, 2.45) is 0 Å². The summed E-state index contributed by atoms with van der Waals surface area (Å²) >= 11 is 11.8. The number of carbonyl (C=O) groups is 2. The number of rotatable bonds is 9. The molecule has 0 saturated heterocycles. The molecule has 2 N–H and O–H groups in total. The molecule has 2 aromatic rings. The predicted molar refractivity (Wildman–Crippen MR) is 110 cm³/mol. The summed E-state index contributed by atoms with van der Waals surface area (Å²) in [5.74, 6) is 0.495. The van der Waals surface area contributed by atoms with E-state index in [0.717, 1.165) is 24.0 Å². The van der Waals surface area contributed by atoms with Crippen molar-refractivity contribution in [2.45, 2.75) is 31.7 Å². The molecule has 1 aliphatic carbocycles. The summed E-state index contributed by atoms with van der Waals surface area (Å²) in [6.07, 6.45) is 3.08. The maximum Gasteiger partial charge on any atom is 0.258 e. The topological polar surface area (TPSA) is 67.4 Å². The molecule has 3 rings (SSSR count). The molecular formula is C21H22Cl2N2O3. The second-order valence-corrected chi connectivity index (χ2v) is 7.61. The minimum absolute atomic E-state index is 0.0284. The van der Waals surface area contributed by atoms with Crippen LogP contribution in [0.5, 0.6) is 5.75 Å². The summed E-state index contributed by atoms with van der Waals surface area (Å²) in [6.45, 7) is 0.560. The first-order valence-corrected chi connectivity index (χ1v) is 9.97. The SMILES string of the molecule is O=C(Cc1ccc(Cl)c(Cl)c1)NCCc1ccc(OCC(=O)NC2CC2)cc1. The third-order valence-corrected chi connectivity index (χ3v) is 5.06. The summed E-state index contributed by atoms with van der Waals surface area (Å²) in [6, 6.07) is 13.0. The highest BCUT2D eigenvalue weighted by atomic mass is 35.5. The molecule has 148 valence electrons. The summed E-state index contributed by atoms with van der Waals surface area (Å²) in [5.41, 5.74) is 1.89. The van der Waals surface area contributed by atoms with Crippen molar-refractivity contribution >= 4 is 35.0 Å². The zero-order valence-corrected chi connectivity index (χ0v) is 16.9. The van der Waals surface area contributed by atoms with Crippen LogP contribution in [0.1, 0.15) is 24.0 Å². The van der Waals surface area contributed by atoms with E-state index in [-0.39, 0.29) is 24.8 Å². The van der Waals surface area contributed by atoms with Crippen LogP contribution in [0.2, 0.25) is 10.0 Å². The van der Waals surface area contributed by atoms with Crippen molar-refractivity contribution in [1.82, 2.24) is 10.6 Å². The molecule has 0 atom stereocenters. The number of ether oxygens (including phenoxy) is 1. The van der Waals surface area contributed by atoms with E-state index in [2.05, 4.69) is 10.6 Å². The summed E-state index contributed by atoms with van der Waals surface area (Å²) < 4.78 is 5.48. The number of hydrogen-bond donors (Lipinski definition) is 2. The Balaban J connectivity index is 1.36. The molecule has 28 heavy (non-hydrogen) atoms. The first-order valence-electron chi connectivity index (χ1n) is 9.21. The Bertz CT molecular complexity index is 836. The van der Waals surface area contributed by atoms with Gasteiger partial charge in [-0.3, -0.25) is 9.59 Å². The zero-order valence-electron chi connectivity index (χ0n) is 15.3. The maximum absolute atomic E-state index is 12.0. The monoisotopic (exact) mass is 420 g/mol. The smallest absolute Gasteiger partial charge is 0.258 e. The Hall–Kier alpha value is -2.24. The fourth-order valence-electron chi connectivity index (χ4n) is 2.64. The van der Waals surface area contributed by atoms with Crippen molar-refractivity contribution in [2.75, 3.05) is 13.2 Å². The molecule has 2 amide bonds. The Morgan fingerprint density at radius 2 is 1.68 bits per heavy atom. The Morgan fingerprint density at radius 3 is 2.36 bits per heavy atom. The molecule has 0 aliphatic heterocycles. The van der Waals surface area contributed by atoms with Gasteiger partial charge in [-0.1, -0.05) is 41.4 Å². The van der Waals surface area contributed by atoms with Crippen molar-refractivity contribution in [1.29, 1.82) is 0 Å². The molecule has 2 aromatic carbocycles. The van der Waals surface area contributed by atoms with E-state index in [1.54, 1.807) is 18.2 Å². The average molecular weight is 421 g/mol. The molecule has 1 saturated carbocycles. The van der Waals surface area contributed by atoms with Crippen LogP contribution in [-0.4, -0.2) is 31.0 Å². The van der Waals surface area contributed by atoms with E-state index >= 15 is 0 Å². The molecule has 0 aromatic heterocycles. The molecule has 0 unspecified atom stereocenters. The lowest BCUT2D eigenvalue weighted by Gasteiger charge is -2.09. The molecular weight excluding hydrogens is 399 g/mol. The van der Waals surface area contributed by atoms with Gasteiger partial charge in [-0.05, 0) is 54.7 Å². The molecule has 5 nitrogen and oxygen atoms in total. The van der Waals surface area contributed by atoms with Crippen LogP contribution in [-0.2, 0) is 22.4 Å². The summed E-state index contributed by atoms with van der Waals surface area (Å²) in [5, 5.41) is 6.69. The van der Waals surface area contributed by atoms with Crippen molar-refractivity contribution in [3.8, 4) is 5.75 Å². The first kappa shape index (κ1) is 20.5. The van der Waals surface area contributed by atoms with Crippen molar-refractivity contribution in [3.63, 3.8) is 0 Å². The molecule has 1 aliphatic rings. The van der Waals surface area contributed by atoms with E-state index in [4.69, 9.17) is 27.9 Å². The van der Waals surface area contributed by atoms with Gasteiger partial charge in [0, 0.05) is 12.6 Å². The second-order valence-electron chi connectivity index (χ2n) is 6.80. The van der Waals surface area contributed by atoms with Gasteiger partial charge in [-0.15, -0.1) is 0 Å². The van der Waals surface area contributed by atoms with E-state index in [1.165, 1.54) is 0 Å². The quantitative estimate of drug-likeness (QED) is 0.651. The first-order chi connectivity index (χ1) is 13.5. The predicted octanol–water partition coefficient (Wildman–Crippen LogP) is 3.55. The van der Waals surface area contributed by atoms with Crippen LogP contribution in [0.4, 0.5) is 0 Å². The van der Waals surface area contributed by atoms with Gasteiger partial charge in [0.05, 0.1) is 16.5 Å². The number of carbonyl (C=O) groups excluding carboxylic acids is 2. The van der Waals surface area contributed by atoms with Crippen LogP contribution in [0.25, 0.3) is 0 Å². The minimum Gasteiger partial charge on any atom is -0.484 e. The fourth-order valence-corrected chi connectivity index (χ4v) is 2.96. The Kier molecular flexibility index (Phi) is 7.18. The molecule has 0 radical (unpaired) electrons. The molecule has 1 fully saturated rings. The molecule has 0 spiro atoms. The van der Waals surface area contributed by atoms with Gasteiger partial charge in [-0.25, -0.2) is 0 Å². The summed E-state index contributed by atoms with van der Waals surface area (Å²) in [4.78, 5) is 23.7. The third kappa shape index (κ3) is 6.73. The maximum atomic E-state index is 12.0. The third-order valence-electron chi connectivity index (χ3n) is 4.32. The number of benzene rings is 2. The van der Waals surface area contributed by atoms with Gasteiger partial charge < -0.3 is 15.4 Å². The van der Waals surface area contributed by atoms with Crippen molar-refractivity contribution in [3.05, 3.63) is 63.6 Å². The lowest BCUT2D eigenvalue weighted by Crippen LogP contribution is -2.30. The Labute approximate surface area is 174 Å². The highest BCUT2D eigenvalue weighted by molar-refractivity contribution is 6.42. The van der Waals surface area contributed by atoms with Crippen LogP contribution in [0.15, 0.2) is 42.5 Å². The zero-order chi connectivity index (χ0) is 19.9. The van der Waals surface area contributed by atoms with E-state index in [9.17, 15) is 9.59 Å². The van der Waals surface area contributed by atoms with Crippen LogP contribution in [0, 0.1) is 0 Å². The lowest BCUT2D eigenvalue weighted by atomic mass is 10.1. The van der Waals surface area contributed by atoms with Gasteiger partial charge >= 0.3 is 0 Å². The number of hydrogen-bond acceptors (Lipinski definition) is 3. The molecule has 0 heterocycles. The number of halogens is 2. The van der Waals surface area contributed by atoms with Crippen LogP contribution < -0.4 is 15.4 Å². The van der Waals surface area contributed by atoms with Gasteiger partial charge in [0.1, 0.15) is 5.75 Å². The van der Waals surface area contributed by atoms with E-state index in [1.807, 2.05) is 24.3 Å². The van der Waals surface area contributed by atoms with Crippen molar-refractivity contribution < 1.29 is 14.3 Å². The minimum atomic E-state index is -0.0868. The number of nitrogens with one attached hydrogen (secondary N) is 2. The molecule has 0 bridgehead atoms. The van der Waals surface area contributed by atoms with E-state index < -0.39 is 0 Å². The van der Waals surface area contributed by atoms with E-state index in [0.29, 0.717) is 34.8 Å². The van der Waals surface area contributed by atoms with Gasteiger partial charge in [0.2, 0.25) is 5.91 Å². The van der Waals surface area contributed by atoms with Gasteiger partial charge in [0.15, 0.2) is 6.61 Å². The number of amides is 2. The summed E-state index contributed by atoms with van der Waals surface area (Å²) in [7, 11) is 0. The van der Waals surface area contributed by atoms with Gasteiger partial charge in [0.25, 0.3) is 5.91 Å². The normalized spacial score (nSPS) is 13.1. The standard InChI is InChI=1S/C21H22Cl2N2O3/c22-18-8-3-15(11-19(18)23)12-20(26)24-10-9-14-1-6-17(7-2-14)28-13-21(27)25-16-4-5-16/h1-3,6-8,11,16H,4-5,9-10,12-13H2,(H,24,26)(H,25,27). The van der Waals surface area contributed by atoms with Crippen LogP contribution >= 0.6 is 23.2 Å². The fraction of sp³-hybridized carbons (Fsp3) is 0.333. The van der Waals surface area contributed by atoms with Crippen LogP contribution in [0.3, 0.4) is 0 Å². The Morgan fingerprint density at radius 1 is 0.964 bits per heavy atom. The molecule has 7 heteroatoms. The highest BCUT2D eigenvalue weighted by Crippen LogP contribution is 2.22. The highest BCUT2D eigenvalue weighted by Gasteiger charge is 2.23. The lowest BCUT2D eigenvalue weighted by molar-refractivity contribution is -0.123. The second kappa shape index (κ2) is 9.80. The average Bonchev–Trinajstić information content (AvgIpc) is 3.48. The van der Waals surface area contributed by atoms with Gasteiger partial charge in [-0.2, -0.15) is 0 Å².